The second kappa shape index (κ2) is 7.97. The smallest absolute Gasteiger partial charge is 0.243 e. The lowest BCUT2D eigenvalue weighted by atomic mass is 9.97. The summed E-state index contributed by atoms with van der Waals surface area (Å²) < 4.78 is 40.6. The minimum atomic E-state index is -3.71. The van der Waals surface area contributed by atoms with Gasteiger partial charge in [-0.2, -0.15) is 4.31 Å². The summed E-state index contributed by atoms with van der Waals surface area (Å²) in [7, 11) is 0.204. The summed E-state index contributed by atoms with van der Waals surface area (Å²) in [5.41, 5.74) is 1.73. The molecule has 1 saturated heterocycles. The zero-order valence-corrected chi connectivity index (χ0v) is 17.5. The van der Waals surface area contributed by atoms with Gasteiger partial charge in [-0.05, 0) is 50.7 Å². The maximum atomic E-state index is 13.2. The molecule has 7 nitrogen and oxygen atoms in total. The number of anilines is 1. The van der Waals surface area contributed by atoms with E-state index in [9.17, 15) is 12.8 Å². The maximum Gasteiger partial charge on any atom is 0.243 e. The van der Waals surface area contributed by atoms with E-state index in [1.807, 2.05) is 0 Å². The van der Waals surface area contributed by atoms with Crippen LogP contribution in [0.4, 0.5) is 10.2 Å². The van der Waals surface area contributed by atoms with Crippen molar-refractivity contribution in [2.75, 3.05) is 39.0 Å². The van der Waals surface area contributed by atoms with Gasteiger partial charge < -0.3 is 10.2 Å². The SMILES string of the molecule is CNc1nc([C@@H]2CCCN(C)C2)nc2c1CN(S(=O)(=O)c1ccc(F)cc1)CC2. The van der Waals surface area contributed by atoms with Crippen molar-refractivity contribution in [3.05, 3.63) is 47.2 Å². The standard InChI is InChI=1S/C20H26FN5O2S/c1-22-20-17-13-26(29(27,28)16-7-5-15(21)6-8-16)11-9-18(17)23-19(24-20)14-4-3-10-25(2)12-14/h5-8,14H,3-4,9-13H2,1-2H3,(H,22,23,24)/t14-/m1/s1. The summed E-state index contributed by atoms with van der Waals surface area (Å²) in [6, 6.07) is 4.94. The molecule has 2 aliphatic rings. The predicted octanol–water partition coefficient (Wildman–Crippen LogP) is 2.21. The molecular formula is C20H26FN5O2S. The van der Waals surface area contributed by atoms with Gasteiger partial charge in [0.25, 0.3) is 0 Å². The molecule has 1 aromatic heterocycles. The molecule has 156 valence electrons. The molecule has 0 spiro atoms. The highest BCUT2D eigenvalue weighted by Gasteiger charge is 2.32. The van der Waals surface area contributed by atoms with Gasteiger partial charge in [0.05, 0.1) is 10.6 Å². The number of fused-ring (bicyclic) bond motifs is 1. The highest BCUT2D eigenvalue weighted by Crippen LogP contribution is 2.31. The van der Waals surface area contributed by atoms with Gasteiger partial charge in [-0.1, -0.05) is 0 Å². The third kappa shape index (κ3) is 3.99. The molecule has 1 fully saturated rings. The van der Waals surface area contributed by atoms with Gasteiger partial charge in [0, 0.05) is 44.6 Å². The van der Waals surface area contributed by atoms with Crippen LogP contribution >= 0.6 is 0 Å². The van der Waals surface area contributed by atoms with Gasteiger partial charge in [-0.15, -0.1) is 0 Å². The van der Waals surface area contributed by atoms with Crippen molar-refractivity contribution >= 4 is 15.8 Å². The van der Waals surface area contributed by atoms with Crippen LogP contribution in [0.25, 0.3) is 0 Å². The van der Waals surface area contributed by atoms with Gasteiger partial charge in [-0.3, -0.25) is 0 Å². The third-order valence-electron chi connectivity index (χ3n) is 5.72. The molecule has 0 unspecified atom stereocenters. The number of hydrogen-bond acceptors (Lipinski definition) is 6. The Bertz CT molecular complexity index is 979. The highest BCUT2D eigenvalue weighted by molar-refractivity contribution is 7.89. The molecule has 1 aromatic carbocycles. The summed E-state index contributed by atoms with van der Waals surface area (Å²) in [5.74, 6) is 1.37. The van der Waals surface area contributed by atoms with Gasteiger partial charge in [0.1, 0.15) is 17.5 Å². The quantitative estimate of drug-likeness (QED) is 0.819. The molecule has 2 aromatic rings. The van der Waals surface area contributed by atoms with Crippen molar-refractivity contribution in [3.63, 3.8) is 0 Å². The number of nitrogens with zero attached hydrogens (tertiary/aromatic N) is 4. The lowest BCUT2D eigenvalue weighted by Crippen LogP contribution is -2.37. The molecule has 1 atom stereocenters. The average molecular weight is 420 g/mol. The molecule has 0 radical (unpaired) electrons. The van der Waals surface area contributed by atoms with Crippen LogP contribution in [0.1, 0.15) is 35.8 Å². The summed E-state index contributed by atoms with van der Waals surface area (Å²) in [5, 5.41) is 3.13. The van der Waals surface area contributed by atoms with Crippen LogP contribution in [0.5, 0.6) is 0 Å². The van der Waals surface area contributed by atoms with Crippen molar-refractivity contribution < 1.29 is 12.8 Å². The number of likely N-dealkylation sites (tertiary alicyclic amines) is 1. The Labute approximate surface area is 171 Å². The number of aromatic nitrogens is 2. The second-order valence-electron chi connectivity index (χ2n) is 7.75. The molecule has 0 aliphatic carbocycles. The lowest BCUT2D eigenvalue weighted by Gasteiger charge is -2.31. The fourth-order valence-electron chi connectivity index (χ4n) is 4.14. The normalized spacial score (nSPS) is 21.0. The van der Waals surface area contributed by atoms with Crippen LogP contribution in [-0.4, -0.2) is 61.3 Å². The minimum Gasteiger partial charge on any atom is -0.373 e. The summed E-state index contributed by atoms with van der Waals surface area (Å²) in [6.45, 7) is 2.58. The number of sulfonamides is 1. The zero-order valence-electron chi connectivity index (χ0n) is 16.7. The monoisotopic (exact) mass is 419 g/mol. The molecule has 29 heavy (non-hydrogen) atoms. The van der Waals surface area contributed by atoms with Crippen LogP contribution in [0.15, 0.2) is 29.2 Å². The first-order valence-electron chi connectivity index (χ1n) is 9.90. The largest absolute Gasteiger partial charge is 0.373 e. The number of rotatable bonds is 4. The lowest BCUT2D eigenvalue weighted by molar-refractivity contribution is 0.245. The van der Waals surface area contributed by atoms with Crippen molar-refractivity contribution in [1.29, 1.82) is 0 Å². The van der Waals surface area contributed by atoms with E-state index in [4.69, 9.17) is 9.97 Å². The van der Waals surface area contributed by atoms with Gasteiger partial charge >= 0.3 is 0 Å². The number of benzene rings is 1. The molecule has 4 rings (SSSR count). The van der Waals surface area contributed by atoms with Crippen LogP contribution in [-0.2, 0) is 23.0 Å². The molecule has 2 aliphatic heterocycles. The van der Waals surface area contributed by atoms with E-state index in [1.165, 1.54) is 28.6 Å². The summed E-state index contributed by atoms with van der Waals surface area (Å²) >= 11 is 0. The predicted molar refractivity (Wildman–Crippen MR) is 109 cm³/mol. The van der Waals surface area contributed by atoms with Crippen molar-refractivity contribution in [1.82, 2.24) is 19.2 Å². The minimum absolute atomic E-state index is 0.0936. The Kier molecular flexibility index (Phi) is 5.54. The number of halogens is 1. The van der Waals surface area contributed by atoms with Crippen molar-refractivity contribution in [2.24, 2.45) is 0 Å². The maximum absolute atomic E-state index is 13.2. The van der Waals surface area contributed by atoms with Gasteiger partial charge in [-0.25, -0.2) is 22.8 Å². The Hall–Kier alpha value is -2.10. The number of piperidine rings is 1. The van der Waals surface area contributed by atoms with E-state index in [-0.39, 0.29) is 11.4 Å². The number of nitrogens with one attached hydrogen (secondary N) is 1. The Morgan fingerprint density at radius 3 is 2.62 bits per heavy atom. The first-order valence-corrected chi connectivity index (χ1v) is 11.3. The van der Waals surface area contributed by atoms with E-state index in [0.29, 0.717) is 24.7 Å². The van der Waals surface area contributed by atoms with E-state index < -0.39 is 15.8 Å². The highest BCUT2D eigenvalue weighted by atomic mass is 32.2. The molecule has 3 heterocycles. The third-order valence-corrected chi connectivity index (χ3v) is 7.58. The summed E-state index contributed by atoms with van der Waals surface area (Å²) in [6.07, 6.45) is 2.72. The van der Waals surface area contributed by atoms with Crippen LogP contribution in [0.2, 0.25) is 0 Å². The Morgan fingerprint density at radius 2 is 1.93 bits per heavy atom. The van der Waals surface area contributed by atoms with Gasteiger partial charge in [0.15, 0.2) is 0 Å². The van der Waals surface area contributed by atoms with E-state index in [1.54, 1.807) is 7.05 Å². The first-order chi connectivity index (χ1) is 13.9. The average Bonchev–Trinajstić information content (AvgIpc) is 2.72. The zero-order chi connectivity index (χ0) is 20.6. The molecule has 0 bridgehead atoms. The molecule has 0 amide bonds. The molecule has 9 heteroatoms. The topological polar surface area (TPSA) is 78.4 Å². The van der Waals surface area contributed by atoms with E-state index >= 15 is 0 Å². The summed E-state index contributed by atoms with van der Waals surface area (Å²) in [4.78, 5) is 12.0. The van der Waals surface area contributed by atoms with E-state index in [2.05, 4.69) is 17.3 Å². The van der Waals surface area contributed by atoms with Crippen LogP contribution < -0.4 is 5.32 Å². The van der Waals surface area contributed by atoms with Crippen LogP contribution in [0, 0.1) is 5.82 Å². The van der Waals surface area contributed by atoms with Gasteiger partial charge in [0.2, 0.25) is 10.0 Å². The van der Waals surface area contributed by atoms with Crippen molar-refractivity contribution in [3.8, 4) is 0 Å². The first kappa shape index (κ1) is 20.2. The molecule has 1 N–H and O–H groups in total. The van der Waals surface area contributed by atoms with Crippen molar-refractivity contribution in [2.45, 2.75) is 36.6 Å². The number of likely N-dealkylation sites (N-methyl/N-ethyl adjacent to an activating group) is 1. The fraction of sp³-hybridized carbons (Fsp3) is 0.500. The number of hydrogen-bond donors (Lipinski definition) is 1. The fourth-order valence-corrected chi connectivity index (χ4v) is 5.54. The second-order valence-corrected chi connectivity index (χ2v) is 9.69. The van der Waals surface area contributed by atoms with Crippen LogP contribution in [0.3, 0.4) is 0 Å². The Morgan fingerprint density at radius 1 is 1.17 bits per heavy atom. The Balaban J connectivity index is 1.63. The molecule has 0 saturated carbocycles. The molecular weight excluding hydrogens is 393 g/mol. The van der Waals surface area contributed by atoms with E-state index in [0.717, 1.165) is 43.0 Å².